The fourth-order valence-electron chi connectivity index (χ4n) is 4.45. The number of nitrogens with zero attached hydrogens (tertiary/aromatic N) is 1. The lowest BCUT2D eigenvalue weighted by atomic mass is 9.90. The van der Waals surface area contributed by atoms with E-state index >= 15 is 0 Å². The summed E-state index contributed by atoms with van der Waals surface area (Å²) in [5.74, 6) is -0.0983. The van der Waals surface area contributed by atoms with Crippen molar-refractivity contribution in [2.24, 2.45) is 16.9 Å². The van der Waals surface area contributed by atoms with Crippen LogP contribution in [0, 0.1) is 5.41 Å². The summed E-state index contributed by atoms with van der Waals surface area (Å²) in [7, 11) is 1.54. The molecule has 2 aliphatic rings. The van der Waals surface area contributed by atoms with Gasteiger partial charge < -0.3 is 30.8 Å². The lowest BCUT2D eigenvalue weighted by Crippen LogP contribution is -2.46. The highest BCUT2D eigenvalue weighted by molar-refractivity contribution is 6.08. The van der Waals surface area contributed by atoms with Crippen molar-refractivity contribution < 1.29 is 28.9 Å². The number of carbonyl (C=O) groups is 2. The first kappa shape index (κ1) is 21.2. The number of ether oxygens (including phenoxy) is 3. The van der Waals surface area contributed by atoms with Gasteiger partial charge in [0.05, 0.1) is 25.8 Å². The minimum absolute atomic E-state index is 0.187. The summed E-state index contributed by atoms with van der Waals surface area (Å²) in [5, 5.41) is 11.5. The van der Waals surface area contributed by atoms with Crippen LogP contribution in [0.5, 0.6) is 17.2 Å². The van der Waals surface area contributed by atoms with Gasteiger partial charge in [0.2, 0.25) is 11.8 Å². The number of hydrogen-bond acceptors (Lipinski definition) is 7. The lowest BCUT2D eigenvalue weighted by molar-refractivity contribution is -0.185. The molecule has 0 spiro atoms. The third-order valence-electron chi connectivity index (χ3n) is 6.56. The van der Waals surface area contributed by atoms with Crippen molar-refractivity contribution in [3.63, 3.8) is 0 Å². The number of aromatic nitrogens is 1. The molecule has 2 fully saturated rings. The second-order valence-corrected chi connectivity index (χ2v) is 8.53. The van der Waals surface area contributed by atoms with Crippen LogP contribution in [-0.2, 0) is 19.9 Å². The number of fused-ring (bicyclic) bond motifs is 1. The predicted octanol–water partition coefficient (Wildman–Crippen LogP) is 1.70. The Morgan fingerprint density at radius 2 is 1.79 bits per heavy atom. The third-order valence-corrected chi connectivity index (χ3v) is 6.56. The molecular weight excluding hydrogens is 426 g/mol. The lowest BCUT2D eigenvalue weighted by Gasteiger charge is -2.37. The molecule has 2 aromatic carbocycles. The quantitative estimate of drug-likeness (QED) is 0.465. The zero-order chi connectivity index (χ0) is 23.4. The molecule has 1 atom stereocenters. The molecule has 33 heavy (non-hydrogen) atoms. The van der Waals surface area contributed by atoms with Crippen molar-refractivity contribution in [1.29, 1.82) is 0 Å². The number of benzene rings is 2. The number of pyridine rings is 1. The van der Waals surface area contributed by atoms with Gasteiger partial charge in [-0.25, -0.2) is 0 Å². The maximum Gasteiger partial charge on any atom is 0.233 e. The molecule has 170 valence electrons. The predicted molar refractivity (Wildman–Crippen MR) is 118 cm³/mol. The van der Waals surface area contributed by atoms with Gasteiger partial charge in [-0.1, -0.05) is 12.1 Å². The molecule has 0 bridgehead atoms. The highest BCUT2D eigenvalue weighted by Gasteiger charge is 2.64. The van der Waals surface area contributed by atoms with Crippen LogP contribution in [0.1, 0.15) is 23.5 Å². The van der Waals surface area contributed by atoms with Crippen LogP contribution < -0.4 is 20.9 Å². The first-order valence-electron chi connectivity index (χ1n) is 10.4. The van der Waals surface area contributed by atoms with Gasteiger partial charge in [-0.2, -0.15) is 0 Å². The van der Waals surface area contributed by atoms with E-state index in [9.17, 15) is 14.7 Å². The van der Waals surface area contributed by atoms with E-state index in [1.807, 2.05) is 6.07 Å². The molecule has 9 nitrogen and oxygen atoms in total. The highest BCUT2D eigenvalue weighted by atomic mass is 16.5. The van der Waals surface area contributed by atoms with Gasteiger partial charge in [-0.05, 0) is 36.2 Å². The fourth-order valence-corrected chi connectivity index (χ4v) is 4.45. The van der Waals surface area contributed by atoms with Crippen molar-refractivity contribution in [2.75, 3.05) is 20.3 Å². The zero-order valence-electron chi connectivity index (χ0n) is 17.9. The monoisotopic (exact) mass is 449 g/mol. The highest BCUT2D eigenvalue weighted by Crippen LogP contribution is 2.59. The smallest absolute Gasteiger partial charge is 0.233 e. The maximum atomic E-state index is 11.8. The zero-order valence-corrected chi connectivity index (χ0v) is 17.9. The van der Waals surface area contributed by atoms with Crippen LogP contribution in [0.2, 0.25) is 0 Å². The number of aliphatic hydroxyl groups is 1. The largest absolute Gasteiger partial charge is 0.496 e. The second-order valence-electron chi connectivity index (χ2n) is 8.53. The Labute approximate surface area is 189 Å². The second kappa shape index (κ2) is 7.43. The minimum Gasteiger partial charge on any atom is -0.496 e. The average Bonchev–Trinajstić information content (AvgIpc) is 3.55. The van der Waals surface area contributed by atoms with Gasteiger partial charge in [0.15, 0.2) is 0 Å². The van der Waals surface area contributed by atoms with Crippen molar-refractivity contribution in [3.8, 4) is 17.2 Å². The van der Waals surface area contributed by atoms with Crippen LogP contribution in [0.15, 0.2) is 48.7 Å². The van der Waals surface area contributed by atoms with Crippen LogP contribution in [0.25, 0.3) is 10.9 Å². The SMILES string of the molecule is COc1cc2nccc(Oc3ccc(C4CC4(C(N)=O)C(N)=O)cc3)c2cc1C1(O)COC1. The van der Waals surface area contributed by atoms with Crippen molar-refractivity contribution in [2.45, 2.75) is 17.9 Å². The normalized spacial score (nSPS) is 20.0. The summed E-state index contributed by atoms with van der Waals surface area (Å²) in [4.78, 5) is 27.9. The molecule has 3 aromatic rings. The van der Waals surface area contributed by atoms with Crippen LogP contribution in [-0.4, -0.2) is 42.2 Å². The average molecular weight is 449 g/mol. The Balaban J connectivity index is 1.44. The topological polar surface area (TPSA) is 147 Å². The number of amides is 2. The van der Waals surface area contributed by atoms with E-state index in [-0.39, 0.29) is 19.1 Å². The standard InChI is InChI=1S/C24H23N3O6/c1-31-20-9-18-15(8-16(20)23(30)11-32-12-23)19(6-7-27-18)33-14-4-2-13(3-5-14)17-10-24(17,21(25)28)22(26)29/h2-9,17,30H,10-12H2,1H3,(H2,25,28)(H2,26,29). The van der Waals surface area contributed by atoms with Gasteiger partial charge in [-0.15, -0.1) is 0 Å². The number of rotatable bonds is 7. The van der Waals surface area contributed by atoms with Gasteiger partial charge in [0, 0.05) is 29.1 Å². The Kier molecular flexibility index (Phi) is 4.77. The van der Waals surface area contributed by atoms with E-state index in [1.165, 1.54) is 0 Å². The molecule has 1 aliphatic carbocycles. The molecule has 1 aromatic heterocycles. The van der Waals surface area contributed by atoms with Gasteiger partial charge in [-0.3, -0.25) is 14.6 Å². The number of carbonyl (C=O) groups excluding carboxylic acids is 2. The van der Waals surface area contributed by atoms with Crippen molar-refractivity contribution in [3.05, 3.63) is 59.8 Å². The molecule has 2 heterocycles. The summed E-state index contributed by atoms with van der Waals surface area (Å²) in [6, 6.07) is 12.4. The first-order valence-corrected chi connectivity index (χ1v) is 10.4. The van der Waals surface area contributed by atoms with Crippen LogP contribution >= 0.6 is 0 Å². The number of methoxy groups -OCH3 is 1. The number of primary amides is 2. The van der Waals surface area contributed by atoms with E-state index in [0.29, 0.717) is 40.1 Å². The van der Waals surface area contributed by atoms with E-state index in [0.717, 1.165) is 5.56 Å². The van der Waals surface area contributed by atoms with Gasteiger partial charge in [0.25, 0.3) is 0 Å². The van der Waals surface area contributed by atoms with E-state index in [1.54, 1.807) is 49.7 Å². The molecule has 5 rings (SSSR count). The molecule has 5 N–H and O–H groups in total. The summed E-state index contributed by atoms with van der Waals surface area (Å²) < 4.78 is 16.8. The number of nitrogens with two attached hydrogens (primary N) is 2. The fraction of sp³-hybridized carbons (Fsp3) is 0.292. The third kappa shape index (κ3) is 3.28. The summed E-state index contributed by atoms with van der Waals surface area (Å²) in [6.45, 7) is 0.373. The Hall–Kier alpha value is -3.69. The van der Waals surface area contributed by atoms with E-state index < -0.39 is 22.8 Å². The van der Waals surface area contributed by atoms with Crippen molar-refractivity contribution in [1.82, 2.24) is 4.98 Å². The van der Waals surface area contributed by atoms with Crippen LogP contribution in [0.4, 0.5) is 0 Å². The molecule has 2 amide bonds. The summed E-state index contributed by atoms with van der Waals surface area (Å²) >= 11 is 0. The van der Waals surface area contributed by atoms with Crippen molar-refractivity contribution >= 4 is 22.7 Å². The van der Waals surface area contributed by atoms with E-state index in [2.05, 4.69) is 4.98 Å². The molecule has 9 heteroatoms. The summed E-state index contributed by atoms with van der Waals surface area (Å²) in [6.07, 6.45) is 1.94. The molecule has 1 unspecified atom stereocenters. The minimum atomic E-state index is -1.31. The molecule has 0 radical (unpaired) electrons. The maximum absolute atomic E-state index is 11.8. The Bertz CT molecular complexity index is 1260. The molecule has 1 saturated carbocycles. The summed E-state index contributed by atoms with van der Waals surface area (Å²) in [5.41, 5.74) is 10.5. The Morgan fingerprint density at radius 1 is 1.09 bits per heavy atom. The molecule has 1 aliphatic heterocycles. The first-order chi connectivity index (χ1) is 15.8. The molecule has 1 saturated heterocycles. The Morgan fingerprint density at radius 3 is 2.33 bits per heavy atom. The molecular formula is C24H23N3O6. The van der Waals surface area contributed by atoms with Gasteiger partial charge in [0.1, 0.15) is 28.3 Å². The van der Waals surface area contributed by atoms with Crippen LogP contribution in [0.3, 0.4) is 0 Å². The van der Waals surface area contributed by atoms with E-state index in [4.69, 9.17) is 25.7 Å². The number of hydrogen-bond donors (Lipinski definition) is 3. The van der Waals surface area contributed by atoms with Gasteiger partial charge >= 0.3 is 0 Å².